The van der Waals surface area contributed by atoms with Crippen LogP contribution in [-0.4, -0.2) is 0 Å². The Labute approximate surface area is 385 Å². The topological polar surface area (TPSA) is 28.9 Å². The van der Waals surface area contributed by atoms with Gasteiger partial charge in [-0.05, 0) is 119 Å². The lowest BCUT2D eigenvalue weighted by Gasteiger charge is -2.40. The van der Waals surface area contributed by atoms with Crippen molar-refractivity contribution in [2.75, 3.05) is 9.80 Å². The third kappa shape index (κ3) is 5.32. The number of thiophene rings is 1. The molecule has 10 aromatic carbocycles. The Kier molecular flexibility index (Phi) is 8.03. The lowest BCUT2D eigenvalue weighted by molar-refractivity contribution is 0.436. The number of ether oxygens (including phenoxy) is 1. The minimum Gasteiger partial charge on any atom is -0.457 e. The van der Waals surface area contributed by atoms with Crippen LogP contribution in [-0.2, 0) is 5.41 Å². The molecule has 0 N–H and O–H groups in total. The fourth-order valence-corrected chi connectivity index (χ4v) is 12.1. The molecule has 2 aromatic heterocycles. The molecule has 1 spiro atoms. The molecule has 1 aliphatic carbocycles. The number of hydrogen-bond donors (Lipinski definition) is 0. The van der Waals surface area contributed by atoms with E-state index >= 15 is 0 Å². The first-order valence-corrected chi connectivity index (χ1v) is 23.2. The molecule has 1 aliphatic heterocycles. The van der Waals surface area contributed by atoms with Gasteiger partial charge in [-0.2, -0.15) is 0 Å². The van der Waals surface area contributed by atoms with Crippen molar-refractivity contribution in [3.05, 3.63) is 253 Å². The summed E-state index contributed by atoms with van der Waals surface area (Å²) in [4.78, 5) is 4.81. The van der Waals surface area contributed by atoms with Crippen molar-refractivity contribution in [3.63, 3.8) is 0 Å². The lowest BCUT2D eigenvalue weighted by atomic mass is 9.66. The van der Waals surface area contributed by atoms with E-state index in [2.05, 4.69) is 228 Å². The number of hydrogen-bond acceptors (Lipinski definition) is 5. The Morgan fingerprint density at radius 1 is 0.348 bits per heavy atom. The van der Waals surface area contributed by atoms with E-state index < -0.39 is 5.41 Å². The van der Waals surface area contributed by atoms with Gasteiger partial charge in [0, 0.05) is 70.5 Å². The van der Waals surface area contributed by atoms with Crippen LogP contribution in [0.2, 0.25) is 0 Å². The highest BCUT2D eigenvalue weighted by Crippen LogP contribution is 2.63. The summed E-state index contributed by atoms with van der Waals surface area (Å²) >= 11 is 1.84. The third-order valence-electron chi connectivity index (χ3n) is 13.7. The molecule has 0 radical (unpaired) electrons. The minimum atomic E-state index is -0.609. The van der Waals surface area contributed by atoms with E-state index in [0.29, 0.717) is 0 Å². The zero-order chi connectivity index (χ0) is 43.3. The molecule has 0 amide bonds. The summed E-state index contributed by atoms with van der Waals surface area (Å²) in [6.07, 6.45) is 0. The van der Waals surface area contributed by atoms with E-state index in [1.807, 2.05) is 23.5 Å². The number of rotatable bonds is 6. The van der Waals surface area contributed by atoms with Gasteiger partial charge in [-0.25, -0.2) is 0 Å². The Bertz CT molecular complexity index is 3860. The van der Waals surface area contributed by atoms with Gasteiger partial charge >= 0.3 is 0 Å². The van der Waals surface area contributed by atoms with Gasteiger partial charge in [0.25, 0.3) is 0 Å². The molecule has 0 bridgehead atoms. The second-order valence-electron chi connectivity index (χ2n) is 17.2. The van der Waals surface area contributed by atoms with Gasteiger partial charge in [-0.1, -0.05) is 133 Å². The van der Waals surface area contributed by atoms with E-state index in [1.165, 1.54) is 42.4 Å². The van der Waals surface area contributed by atoms with E-state index in [1.54, 1.807) is 0 Å². The number of benzene rings is 10. The molecule has 66 heavy (non-hydrogen) atoms. The van der Waals surface area contributed by atoms with Crippen LogP contribution < -0.4 is 14.5 Å². The van der Waals surface area contributed by atoms with Crippen molar-refractivity contribution >= 4 is 87.6 Å². The van der Waals surface area contributed by atoms with Crippen LogP contribution in [0.5, 0.6) is 11.5 Å². The van der Waals surface area contributed by atoms with Crippen molar-refractivity contribution in [3.8, 4) is 22.6 Å². The number of fused-ring (bicyclic) bond motifs is 15. The highest BCUT2D eigenvalue weighted by molar-refractivity contribution is 7.26. The molecule has 2 aliphatic rings. The van der Waals surface area contributed by atoms with E-state index in [-0.39, 0.29) is 0 Å². The first-order valence-electron chi connectivity index (χ1n) is 22.4. The summed E-state index contributed by atoms with van der Waals surface area (Å²) in [6.45, 7) is 0. The molecule has 4 nitrogen and oxygen atoms in total. The van der Waals surface area contributed by atoms with E-state index in [4.69, 9.17) is 9.15 Å². The zero-order valence-corrected chi connectivity index (χ0v) is 36.4. The SMILES string of the molecule is c1ccc(N(c2cccc(N(c3ccc4c(c3)C3(c5ccccc5O4)c4ccccc4-c4ccccc43)c3cccc4sc5ccccc5c34)c2)c2ccc3oc4ccccc4c3c2)cc1. The summed E-state index contributed by atoms with van der Waals surface area (Å²) in [5.74, 6) is 1.74. The first-order chi connectivity index (χ1) is 32.7. The maximum atomic E-state index is 6.93. The summed E-state index contributed by atoms with van der Waals surface area (Å²) in [5, 5.41) is 4.65. The maximum Gasteiger partial charge on any atom is 0.135 e. The second kappa shape index (κ2) is 14.3. The van der Waals surface area contributed by atoms with Crippen molar-refractivity contribution in [2.24, 2.45) is 0 Å². The number of furan rings is 1. The van der Waals surface area contributed by atoms with Gasteiger partial charge in [-0.15, -0.1) is 11.3 Å². The van der Waals surface area contributed by atoms with E-state index in [9.17, 15) is 0 Å². The molecule has 3 heterocycles. The highest BCUT2D eigenvalue weighted by atomic mass is 32.1. The summed E-state index contributed by atoms with van der Waals surface area (Å²) in [6, 6.07) is 83.2. The smallest absolute Gasteiger partial charge is 0.135 e. The number of nitrogens with zero attached hydrogens (tertiary/aromatic N) is 2. The Balaban J connectivity index is 1.03. The third-order valence-corrected chi connectivity index (χ3v) is 14.8. The number of anilines is 6. The Morgan fingerprint density at radius 3 is 1.76 bits per heavy atom. The van der Waals surface area contributed by atoms with Gasteiger partial charge < -0.3 is 19.0 Å². The highest BCUT2D eigenvalue weighted by Gasteiger charge is 2.51. The summed E-state index contributed by atoms with van der Waals surface area (Å²) < 4.78 is 15.7. The molecule has 0 fully saturated rings. The Hall–Kier alpha value is -8.38. The zero-order valence-electron chi connectivity index (χ0n) is 35.6. The molecule has 5 heteroatoms. The van der Waals surface area contributed by atoms with E-state index in [0.717, 1.165) is 78.7 Å². The van der Waals surface area contributed by atoms with Crippen molar-refractivity contribution in [1.82, 2.24) is 0 Å². The van der Waals surface area contributed by atoms with Crippen LogP contribution in [0.4, 0.5) is 34.1 Å². The monoisotopic (exact) mass is 862 g/mol. The van der Waals surface area contributed by atoms with Crippen molar-refractivity contribution in [1.29, 1.82) is 0 Å². The molecular weight excluding hydrogens is 825 g/mol. The lowest BCUT2D eigenvalue weighted by Crippen LogP contribution is -2.32. The minimum absolute atomic E-state index is 0.609. The standard InChI is InChI=1S/C61H38N2O2S/c1-2-16-39(17-3-1)62(42-32-34-55-48(37-42)46-22-6-11-28-54(46)64-55)40-18-14-19-41(36-40)63(53-27-15-31-59-60(53)47-23-7-13-30-58(47)66-59)43-33-35-57-52(38-43)61(51-26-10-12-29-56(51)65-57)49-24-8-4-20-44(49)45-21-5-9-25-50(45)61/h1-38H. The average Bonchev–Trinajstić information content (AvgIpc) is 4.04. The van der Waals surface area contributed by atoms with Crippen LogP contribution in [0.3, 0.4) is 0 Å². The summed E-state index contributed by atoms with van der Waals surface area (Å²) in [7, 11) is 0. The second-order valence-corrected chi connectivity index (χ2v) is 18.3. The predicted molar refractivity (Wildman–Crippen MR) is 273 cm³/mol. The largest absolute Gasteiger partial charge is 0.457 e. The molecule has 310 valence electrons. The van der Waals surface area contributed by atoms with Crippen LogP contribution in [0.15, 0.2) is 235 Å². The normalized spacial score (nSPS) is 13.1. The van der Waals surface area contributed by atoms with Crippen LogP contribution in [0.1, 0.15) is 22.3 Å². The fourth-order valence-electron chi connectivity index (χ4n) is 11.0. The fraction of sp³-hybridized carbons (Fsp3) is 0.0164. The van der Waals surface area contributed by atoms with Crippen LogP contribution >= 0.6 is 11.3 Å². The first kappa shape index (κ1) is 37.0. The molecular formula is C61H38N2O2S. The molecule has 0 unspecified atom stereocenters. The van der Waals surface area contributed by atoms with Gasteiger partial charge in [0.15, 0.2) is 0 Å². The molecule has 0 atom stereocenters. The predicted octanol–water partition coefficient (Wildman–Crippen LogP) is 17.4. The van der Waals surface area contributed by atoms with Crippen LogP contribution in [0.25, 0.3) is 53.2 Å². The molecule has 0 saturated heterocycles. The average molecular weight is 863 g/mol. The van der Waals surface area contributed by atoms with Crippen molar-refractivity contribution in [2.45, 2.75) is 5.41 Å². The number of para-hydroxylation sites is 3. The van der Waals surface area contributed by atoms with Gasteiger partial charge in [0.2, 0.25) is 0 Å². The van der Waals surface area contributed by atoms with Gasteiger partial charge in [0.1, 0.15) is 22.7 Å². The molecule has 12 aromatic rings. The van der Waals surface area contributed by atoms with Gasteiger partial charge in [-0.3, -0.25) is 0 Å². The quantitative estimate of drug-likeness (QED) is 0.167. The summed E-state index contributed by atoms with van der Waals surface area (Å²) in [5.41, 5.74) is 14.8. The maximum absolute atomic E-state index is 6.93. The van der Waals surface area contributed by atoms with Crippen molar-refractivity contribution < 1.29 is 9.15 Å². The molecule has 0 saturated carbocycles. The van der Waals surface area contributed by atoms with Crippen LogP contribution in [0, 0.1) is 0 Å². The van der Waals surface area contributed by atoms with Gasteiger partial charge in [0.05, 0.1) is 11.1 Å². The molecule has 14 rings (SSSR count). The Morgan fingerprint density at radius 2 is 0.924 bits per heavy atom.